The number of halogens is 1. The summed E-state index contributed by atoms with van der Waals surface area (Å²) in [5.41, 5.74) is 1.33. The zero-order valence-electron chi connectivity index (χ0n) is 6.04. The van der Waals surface area contributed by atoms with Crippen molar-refractivity contribution in [3.05, 3.63) is 28.9 Å². The number of nitrogens with one attached hydrogen (secondary N) is 1. The Hall–Kier alpha value is -1.35. The highest BCUT2D eigenvalue weighted by Gasteiger charge is 2.02. The van der Waals surface area contributed by atoms with E-state index < -0.39 is 0 Å². The van der Waals surface area contributed by atoms with Crippen LogP contribution in [0.5, 0.6) is 0 Å². The molecule has 0 fully saturated rings. The summed E-state index contributed by atoms with van der Waals surface area (Å²) in [5, 5.41) is 7.93. The Bertz CT molecular complexity index is 436. The van der Waals surface area contributed by atoms with Crippen molar-refractivity contribution >= 4 is 28.8 Å². The standard InChI is InChI=1S/C8H5ClN2O/c9-7-2-5(4-12)1-6-3-10-11-8(6)7/h1-4H,(H,10,11). The number of aromatic nitrogens is 2. The molecule has 0 aliphatic heterocycles. The van der Waals surface area contributed by atoms with Gasteiger partial charge in [-0.1, -0.05) is 11.6 Å². The van der Waals surface area contributed by atoms with E-state index in [1.165, 1.54) is 0 Å². The molecular weight excluding hydrogens is 176 g/mol. The summed E-state index contributed by atoms with van der Waals surface area (Å²) < 4.78 is 0. The van der Waals surface area contributed by atoms with Crippen LogP contribution in [0.1, 0.15) is 10.4 Å². The molecule has 1 heterocycles. The Balaban J connectivity index is 2.83. The number of carbonyl (C=O) groups is 1. The van der Waals surface area contributed by atoms with Crippen molar-refractivity contribution in [2.24, 2.45) is 0 Å². The molecule has 2 rings (SSSR count). The Labute approximate surface area is 73.3 Å². The molecule has 2 aromatic rings. The van der Waals surface area contributed by atoms with E-state index in [1.54, 1.807) is 18.3 Å². The number of H-pyrrole nitrogens is 1. The molecular formula is C8H5ClN2O. The van der Waals surface area contributed by atoms with Crippen LogP contribution in [0.3, 0.4) is 0 Å². The van der Waals surface area contributed by atoms with Gasteiger partial charge < -0.3 is 0 Å². The van der Waals surface area contributed by atoms with E-state index in [2.05, 4.69) is 10.2 Å². The van der Waals surface area contributed by atoms with E-state index in [4.69, 9.17) is 11.6 Å². The fourth-order valence-corrected chi connectivity index (χ4v) is 1.38. The smallest absolute Gasteiger partial charge is 0.150 e. The molecule has 4 heteroatoms. The maximum Gasteiger partial charge on any atom is 0.150 e. The van der Waals surface area contributed by atoms with Gasteiger partial charge in [-0.15, -0.1) is 0 Å². The lowest BCUT2D eigenvalue weighted by atomic mass is 10.2. The largest absolute Gasteiger partial charge is 0.298 e. The Morgan fingerprint density at radius 2 is 2.33 bits per heavy atom. The van der Waals surface area contributed by atoms with Gasteiger partial charge in [0.1, 0.15) is 6.29 Å². The highest BCUT2D eigenvalue weighted by atomic mass is 35.5. The molecule has 1 N–H and O–H groups in total. The second kappa shape index (κ2) is 2.60. The Kier molecular flexibility index (Phi) is 1.59. The monoisotopic (exact) mass is 180 g/mol. The molecule has 0 aliphatic rings. The summed E-state index contributed by atoms with van der Waals surface area (Å²) in [5.74, 6) is 0. The number of hydrogen-bond acceptors (Lipinski definition) is 2. The average Bonchev–Trinajstić information content (AvgIpc) is 2.52. The molecule has 3 nitrogen and oxygen atoms in total. The number of nitrogens with zero attached hydrogens (tertiary/aromatic N) is 1. The third-order valence-corrected chi connectivity index (χ3v) is 1.96. The van der Waals surface area contributed by atoms with Gasteiger partial charge in [0, 0.05) is 10.9 Å². The first-order valence-corrected chi connectivity index (χ1v) is 3.77. The van der Waals surface area contributed by atoms with Crippen LogP contribution in [0.4, 0.5) is 0 Å². The topological polar surface area (TPSA) is 45.8 Å². The van der Waals surface area contributed by atoms with Crippen molar-refractivity contribution in [2.75, 3.05) is 0 Å². The maximum atomic E-state index is 10.4. The fourth-order valence-electron chi connectivity index (χ4n) is 1.10. The van der Waals surface area contributed by atoms with Gasteiger partial charge in [0.15, 0.2) is 0 Å². The van der Waals surface area contributed by atoms with Gasteiger partial charge in [0.25, 0.3) is 0 Å². The van der Waals surface area contributed by atoms with Gasteiger partial charge in [0.05, 0.1) is 16.7 Å². The van der Waals surface area contributed by atoms with Crippen molar-refractivity contribution in [1.82, 2.24) is 10.2 Å². The molecule has 0 saturated carbocycles. The summed E-state index contributed by atoms with van der Waals surface area (Å²) in [6.45, 7) is 0. The van der Waals surface area contributed by atoms with E-state index >= 15 is 0 Å². The number of hydrogen-bond donors (Lipinski definition) is 1. The van der Waals surface area contributed by atoms with Crippen LogP contribution in [0.25, 0.3) is 10.9 Å². The quantitative estimate of drug-likeness (QED) is 0.683. The highest BCUT2D eigenvalue weighted by molar-refractivity contribution is 6.35. The number of carbonyl (C=O) groups excluding carboxylic acids is 1. The van der Waals surface area contributed by atoms with E-state index in [-0.39, 0.29) is 0 Å². The molecule has 1 aromatic carbocycles. The molecule has 1 aromatic heterocycles. The minimum absolute atomic E-state index is 0.520. The van der Waals surface area contributed by atoms with Crippen LogP contribution >= 0.6 is 11.6 Å². The predicted molar refractivity (Wildman–Crippen MR) is 46.5 cm³/mol. The van der Waals surface area contributed by atoms with Gasteiger partial charge in [-0.25, -0.2) is 0 Å². The molecule has 60 valence electrons. The van der Waals surface area contributed by atoms with Crippen molar-refractivity contribution in [3.8, 4) is 0 Å². The van der Waals surface area contributed by atoms with E-state index in [1.807, 2.05) is 0 Å². The maximum absolute atomic E-state index is 10.4. The first-order chi connectivity index (χ1) is 5.81. The second-order valence-electron chi connectivity index (χ2n) is 2.45. The zero-order chi connectivity index (χ0) is 8.55. The van der Waals surface area contributed by atoms with Crippen LogP contribution in [0.2, 0.25) is 5.02 Å². The third-order valence-electron chi connectivity index (χ3n) is 1.66. The molecule has 0 spiro atoms. The van der Waals surface area contributed by atoms with E-state index in [0.29, 0.717) is 10.6 Å². The molecule has 0 atom stereocenters. The fraction of sp³-hybridized carbons (Fsp3) is 0. The van der Waals surface area contributed by atoms with E-state index in [0.717, 1.165) is 17.2 Å². The minimum atomic E-state index is 0.520. The number of fused-ring (bicyclic) bond motifs is 1. The second-order valence-corrected chi connectivity index (χ2v) is 2.86. The summed E-state index contributed by atoms with van der Waals surface area (Å²) >= 11 is 5.85. The zero-order valence-corrected chi connectivity index (χ0v) is 6.80. The number of rotatable bonds is 1. The van der Waals surface area contributed by atoms with Gasteiger partial charge in [-0.2, -0.15) is 5.10 Å². The first-order valence-electron chi connectivity index (χ1n) is 3.39. The molecule has 0 amide bonds. The predicted octanol–water partition coefficient (Wildman–Crippen LogP) is 2.03. The lowest BCUT2D eigenvalue weighted by molar-refractivity contribution is 0.112. The van der Waals surface area contributed by atoms with Crippen LogP contribution in [0.15, 0.2) is 18.3 Å². The van der Waals surface area contributed by atoms with Gasteiger partial charge in [0.2, 0.25) is 0 Å². The number of aldehydes is 1. The summed E-state index contributed by atoms with van der Waals surface area (Å²) in [6.07, 6.45) is 2.40. The Morgan fingerprint density at radius 1 is 1.50 bits per heavy atom. The lowest BCUT2D eigenvalue weighted by Crippen LogP contribution is -1.79. The van der Waals surface area contributed by atoms with E-state index in [9.17, 15) is 4.79 Å². The van der Waals surface area contributed by atoms with Crippen LogP contribution in [-0.2, 0) is 0 Å². The first kappa shape index (κ1) is 7.31. The highest BCUT2D eigenvalue weighted by Crippen LogP contribution is 2.22. The summed E-state index contributed by atoms with van der Waals surface area (Å²) in [4.78, 5) is 10.4. The molecule has 0 saturated heterocycles. The number of aromatic amines is 1. The Morgan fingerprint density at radius 3 is 3.08 bits per heavy atom. The van der Waals surface area contributed by atoms with Gasteiger partial charge in [-0.05, 0) is 12.1 Å². The molecule has 0 aliphatic carbocycles. The van der Waals surface area contributed by atoms with Crippen molar-refractivity contribution < 1.29 is 4.79 Å². The summed E-state index contributed by atoms with van der Waals surface area (Å²) in [7, 11) is 0. The SMILES string of the molecule is O=Cc1cc(Cl)c2[nH]ncc2c1. The van der Waals surface area contributed by atoms with Crippen LogP contribution in [0, 0.1) is 0 Å². The molecule has 0 radical (unpaired) electrons. The van der Waals surface area contributed by atoms with Crippen LogP contribution < -0.4 is 0 Å². The van der Waals surface area contributed by atoms with Crippen LogP contribution in [-0.4, -0.2) is 16.5 Å². The normalized spacial score (nSPS) is 10.4. The molecule has 0 bridgehead atoms. The average molecular weight is 181 g/mol. The minimum Gasteiger partial charge on any atom is -0.298 e. The number of benzene rings is 1. The molecule has 12 heavy (non-hydrogen) atoms. The van der Waals surface area contributed by atoms with Gasteiger partial charge in [-0.3, -0.25) is 9.89 Å². The summed E-state index contributed by atoms with van der Waals surface area (Å²) in [6, 6.07) is 3.34. The van der Waals surface area contributed by atoms with Gasteiger partial charge >= 0.3 is 0 Å². The van der Waals surface area contributed by atoms with Crippen molar-refractivity contribution in [3.63, 3.8) is 0 Å². The molecule has 0 unspecified atom stereocenters. The lowest BCUT2D eigenvalue weighted by Gasteiger charge is -1.93. The van der Waals surface area contributed by atoms with Crippen molar-refractivity contribution in [1.29, 1.82) is 0 Å². The third kappa shape index (κ3) is 0.987. The van der Waals surface area contributed by atoms with Crippen molar-refractivity contribution in [2.45, 2.75) is 0 Å².